The predicted molar refractivity (Wildman–Crippen MR) is 78.9 cm³/mol. The molecule has 0 saturated carbocycles. The number of hydrogen-bond donors (Lipinski definition) is 0. The van der Waals surface area contributed by atoms with Gasteiger partial charge >= 0.3 is 0 Å². The molecule has 3 rings (SSSR count). The van der Waals surface area contributed by atoms with Crippen molar-refractivity contribution < 1.29 is 4.74 Å². The SMILES string of the molecule is N#Cc1cccc(Cn2nnnc2COc2ccccc2)c1. The molecule has 0 aliphatic rings. The molecule has 0 bridgehead atoms. The summed E-state index contributed by atoms with van der Waals surface area (Å²) in [6.07, 6.45) is 0. The lowest BCUT2D eigenvalue weighted by molar-refractivity contribution is 0.288. The van der Waals surface area contributed by atoms with E-state index >= 15 is 0 Å². The van der Waals surface area contributed by atoms with Crippen LogP contribution in [0.4, 0.5) is 0 Å². The predicted octanol–water partition coefficient (Wildman–Crippen LogP) is 2.17. The minimum Gasteiger partial charge on any atom is -0.486 e. The number of rotatable bonds is 5. The smallest absolute Gasteiger partial charge is 0.189 e. The summed E-state index contributed by atoms with van der Waals surface area (Å²) in [4.78, 5) is 0. The van der Waals surface area contributed by atoms with Crippen LogP contribution in [0.15, 0.2) is 54.6 Å². The number of hydrogen-bond acceptors (Lipinski definition) is 5. The Morgan fingerprint density at radius 3 is 2.77 bits per heavy atom. The van der Waals surface area contributed by atoms with E-state index in [1.807, 2.05) is 48.5 Å². The van der Waals surface area contributed by atoms with E-state index in [0.717, 1.165) is 11.3 Å². The standard InChI is InChI=1S/C16H13N5O/c17-10-13-5-4-6-14(9-13)11-21-16(18-19-20-21)12-22-15-7-2-1-3-8-15/h1-9H,11-12H2. The molecule has 0 aliphatic heterocycles. The van der Waals surface area contributed by atoms with Crippen LogP contribution >= 0.6 is 0 Å². The van der Waals surface area contributed by atoms with Crippen LogP contribution in [0.1, 0.15) is 17.0 Å². The normalized spacial score (nSPS) is 10.1. The summed E-state index contributed by atoms with van der Waals surface area (Å²) >= 11 is 0. The van der Waals surface area contributed by atoms with Gasteiger partial charge in [-0.2, -0.15) is 5.26 Å². The minimum absolute atomic E-state index is 0.287. The van der Waals surface area contributed by atoms with E-state index in [9.17, 15) is 0 Å². The molecular formula is C16H13N5O. The molecule has 108 valence electrons. The number of benzene rings is 2. The van der Waals surface area contributed by atoms with Gasteiger partial charge < -0.3 is 4.74 Å². The third-order valence-electron chi connectivity index (χ3n) is 3.11. The average molecular weight is 291 g/mol. The molecule has 1 aromatic heterocycles. The van der Waals surface area contributed by atoms with Crippen LogP contribution in [0.3, 0.4) is 0 Å². The lowest BCUT2D eigenvalue weighted by atomic mass is 10.1. The molecule has 6 heteroatoms. The molecule has 3 aromatic rings. The van der Waals surface area contributed by atoms with Gasteiger partial charge in [-0.3, -0.25) is 0 Å². The van der Waals surface area contributed by atoms with Crippen LogP contribution in [0.5, 0.6) is 5.75 Å². The summed E-state index contributed by atoms with van der Waals surface area (Å²) in [6.45, 7) is 0.783. The molecule has 0 spiro atoms. The van der Waals surface area contributed by atoms with Crippen LogP contribution in [-0.4, -0.2) is 20.2 Å². The second kappa shape index (κ2) is 6.50. The van der Waals surface area contributed by atoms with Gasteiger partial charge in [-0.15, -0.1) is 5.10 Å². The minimum atomic E-state index is 0.287. The highest BCUT2D eigenvalue weighted by molar-refractivity contribution is 5.32. The van der Waals surface area contributed by atoms with Gasteiger partial charge in [0, 0.05) is 0 Å². The third-order valence-corrected chi connectivity index (χ3v) is 3.11. The molecule has 0 N–H and O–H groups in total. The largest absolute Gasteiger partial charge is 0.486 e. The second-order valence-corrected chi connectivity index (χ2v) is 4.67. The van der Waals surface area contributed by atoms with Gasteiger partial charge in [0.2, 0.25) is 0 Å². The Hall–Kier alpha value is -3.20. The van der Waals surface area contributed by atoms with Crippen LogP contribution in [0.2, 0.25) is 0 Å². The maximum Gasteiger partial charge on any atom is 0.189 e. The average Bonchev–Trinajstić information content (AvgIpc) is 3.01. The second-order valence-electron chi connectivity index (χ2n) is 4.67. The topological polar surface area (TPSA) is 76.6 Å². The van der Waals surface area contributed by atoms with Crippen molar-refractivity contribution in [2.75, 3.05) is 0 Å². The first kappa shape index (κ1) is 13.8. The fourth-order valence-electron chi connectivity index (χ4n) is 2.03. The van der Waals surface area contributed by atoms with E-state index in [4.69, 9.17) is 10.00 Å². The summed E-state index contributed by atoms with van der Waals surface area (Å²) in [5, 5.41) is 20.6. The molecule has 0 aliphatic carbocycles. The number of aromatic nitrogens is 4. The van der Waals surface area contributed by atoms with Crippen molar-refractivity contribution >= 4 is 0 Å². The molecule has 22 heavy (non-hydrogen) atoms. The van der Waals surface area contributed by atoms with Gasteiger partial charge in [0.15, 0.2) is 5.82 Å². The Morgan fingerprint density at radius 2 is 1.95 bits per heavy atom. The molecule has 0 atom stereocenters. The summed E-state index contributed by atoms with van der Waals surface area (Å²) in [5.74, 6) is 1.40. The summed E-state index contributed by atoms with van der Waals surface area (Å²) in [7, 11) is 0. The Bertz CT molecular complexity index is 792. The summed E-state index contributed by atoms with van der Waals surface area (Å²) < 4.78 is 7.32. The van der Waals surface area contributed by atoms with Gasteiger partial charge in [0.1, 0.15) is 12.4 Å². The van der Waals surface area contributed by atoms with Gasteiger partial charge in [-0.25, -0.2) is 4.68 Å². The van der Waals surface area contributed by atoms with Crippen molar-refractivity contribution in [2.45, 2.75) is 13.2 Å². The van der Waals surface area contributed by atoms with Gasteiger partial charge in [0.05, 0.1) is 18.2 Å². The third kappa shape index (κ3) is 3.27. The first-order valence-corrected chi connectivity index (χ1v) is 6.77. The monoisotopic (exact) mass is 291 g/mol. The van der Waals surface area contributed by atoms with Gasteiger partial charge in [0.25, 0.3) is 0 Å². The fraction of sp³-hybridized carbons (Fsp3) is 0.125. The zero-order valence-electron chi connectivity index (χ0n) is 11.8. The van der Waals surface area contributed by atoms with Crippen molar-refractivity contribution in [3.8, 4) is 11.8 Å². The van der Waals surface area contributed by atoms with Crippen LogP contribution in [-0.2, 0) is 13.2 Å². The van der Waals surface area contributed by atoms with Crippen molar-refractivity contribution in [1.29, 1.82) is 5.26 Å². The molecule has 0 saturated heterocycles. The number of tetrazole rings is 1. The Morgan fingerprint density at radius 1 is 1.09 bits per heavy atom. The van der Waals surface area contributed by atoms with Crippen molar-refractivity contribution in [1.82, 2.24) is 20.2 Å². The molecule has 6 nitrogen and oxygen atoms in total. The quantitative estimate of drug-likeness (QED) is 0.720. The maximum atomic E-state index is 8.94. The van der Waals surface area contributed by atoms with Gasteiger partial charge in [-0.1, -0.05) is 30.3 Å². The zero-order valence-corrected chi connectivity index (χ0v) is 11.8. The highest BCUT2D eigenvalue weighted by Crippen LogP contribution is 2.11. The van der Waals surface area contributed by atoms with Crippen LogP contribution < -0.4 is 4.74 Å². The van der Waals surface area contributed by atoms with Crippen molar-refractivity contribution in [2.24, 2.45) is 0 Å². The van der Waals surface area contributed by atoms with E-state index in [0.29, 0.717) is 17.9 Å². The van der Waals surface area contributed by atoms with E-state index in [-0.39, 0.29) is 6.61 Å². The van der Waals surface area contributed by atoms with Crippen molar-refractivity contribution in [3.63, 3.8) is 0 Å². The molecule has 0 fully saturated rings. The van der Waals surface area contributed by atoms with E-state index in [1.165, 1.54) is 0 Å². The Labute approximate surface area is 127 Å². The van der Waals surface area contributed by atoms with Crippen LogP contribution in [0, 0.1) is 11.3 Å². The molecule has 1 heterocycles. The first-order valence-electron chi connectivity index (χ1n) is 6.77. The highest BCUT2D eigenvalue weighted by Gasteiger charge is 2.08. The number of ether oxygens (including phenoxy) is 1. The lowest BCUT2D eigenvalue weighted by Gasteiger charge is -2.07. The van der Waals surface area contributed by atoms with E-state index in [1.54, 1.807) is 10.7 Å². The van der Waals surface area contributed by atoms with E-state index in [2.05, 4.69) is 21.6 Å². The molecule has 0 unspecified atom stereocenters. The maximum absolute atomic E-state index is 8.94. The van der Waals surface area contributed by atoms with Gasteiger partial charge in [-0.05, 0) is 40.3 Å². The zero-order chi connectivity index (χ0) is 15.2. The number of nitriles is 1. The first-order chi connectivity index (χ1) is 10.8. The molecular weight excluding hydrogens is 278 g/mol. The molecule has 0 amide bonds. The number of para-hydroxylation sites is 1. The lowest BCUT2D eigenvalue weighted by Crippen LogP contribution is -2.10. The van der Waals surface area contributed by atoms with Crippen LogP contribution in [0.25, 0.3) is 0 Å². The Kier molecular flexibility index (Phi) is 4.07. The number of nitrogens with zero attached hydrogens (tertiary/aromatic N) is 5. The summed E-state index contributed by atoms with van der Waals surface area (Å²) in [5.41, 5.74) is 1.58. The highest BCUT2D eigenvalue weighted by atomic mass is 16.5. The fourth-order valence-corrected chi connectivity index (χ4v) is 2.03. The summed E-state index contributed by atoms with van der Waals surface area (Å²) in [6, 6.07) is 19.0. The van der Waals surface area contributed by atoms with Crippen molar-refractivity contribution in [3.05, 3.63) is 71.5 Å². The molecule has 0 radical (unpaired) electrons. The Balaban J connectivity index is 1.71. The van der Waals surface area contributed by atoms with E-state index < -0.39 is 0 Å². The molecule has 2 aromatic carbocycles.